The number of nitrogens with two attached hydrogens (primary N) is 1. The van der Waals surface area contributed by atoms with E-state index in [0.29, 0.717) is 0 Å². The summed E-state index contributed by atoms with van der Waals surface area (Å²) in [4.78, 5) is 10.4. The lowest BCUT2D eigenvalue weighted by atomic mass is 10.2. The third-order valence-electron chi connectivity index (χ3n) is 0.936. The summed E-state index contributed by atoms with van der Waals surface area (Å²) < 4.78 is 27.1. The van der Waals surface area contributed by atoms with Gasteiger partial charge in [0.25, 0.3) is 0 Å². The molecule has 0 fully saturated rings. The molecule has 0 aromatic heterocycles. The highest BCUT2D eigenvalue weighted by atomic mass is 19.3. The fraction of sp³-hybridized carbons (Fsp3) is 0.800. The molecule has 0 saturated carbocycles. The van der Waals surface area contributed by atoms with Gasteiger partial charge in [-0.05, 0) is 0 Å². The van der Waals surface area contributed by atoms with Gasteiger partial charge in [-0.15, -0.1) is 0 Å². The van der Waals surface area contributed by atoms with Crippen molar-refractivity contribution < 1.29 is 18.3 Å². The second-order valence-corrected chi connectivity index (χ2v) is 1.76. The van der Waals surface area contributed by atoms with Gasteiger partial charge < -0.3 is 10.5 Å². The number of methoxy groups -OCH3 is 1. The molecule has 0 aliphatic carbocycles. The standard InChI is InChI=1S/C5H9F2NO2/c1-10-5(9)3(8)2-4(6)7/h3-4H,2,8H2,1H3/t3-/m1/s1. The Morgan fingerprint density at radius 2 is 2.20 bits per heavy atom. The number of esters is 1. The molecule has 3 nitrogen and oxygen atoms in total. The van der Waals surface area contributed by atoms with Crippen LogP contribution in [0, 0.1) is 0 Å². The smallest absolute Gasteiger partial charge is 0.322 e. The molecule has 0 aliphatic heterocycles. The molecule has 0 aromatic carbocycles. The van der Waals surface area contributed by atoms with Crippen molar-refractivity contribution >= 4 is 5.97 Å². The van der Waals surface area contributed by atoms with Crippen molar-refractivity contribution in [3.8, 4) is 0 Å². The van der Waals surface area contributed by atoms with Crippen LogP contribution in [0.2, 0.25) is 0 Å². The molecule has 10 heavy (non-hydrogen) atoms. The van der Waals surface area contributed by atoms with Crippen LogP contribution >= 0.6 is 0 Å². The van der Waals surface area contributed by atoms with E-state index in [1.54, 1.807) is 0 Å². The first-order valence-electron chi connectivity index (χ1n) is 2.69. The van der Waals surface area contributed by atoms with Crippen molar-refractivity contribution in [1.29, 1.82) is 0 Å². The normalized spacial score (nSPS) is 13.3. The van der Waals surface area contributed by atoms with Gasteiger partial charge in [0.2, 0.25) is 6.43 Å². The van der Waals surface area contributed by atoms with Gasteiger partial charge in [0.1, 0.15) is 6.04 Å². The summed E-state index contributed by atoms with van der Waals surface area (Å²) in [5.74, 6) is -0.805. The Morgan fingerprint density at radius 3 is 2.50 bits per heavy atom. The van der Waals surface area contributed by atoms with Crippen molar-refractivity contribution in [2.45, 2.75) is 18.9 Å². The third kappa shape index (κ3) is 3.34. The van der Waals surface area contributed by atoms with E-state index in [1.165, 1.54) is 0 Å². The SMILES string of the molecule is COC(=O)[C@H](N)CC(F)F. The maximum absolute atomic E-state index is 11.5. The van der Waals surface area contributed by atoms with Crippen molar-refractivity contribution in [2.24, 2.45) is 5.73 Å². The lowest BCUT2D eigenvalue weighted by molar-refractivity contribution is -0.143. The van der Waals surface area contributed by atoms with Crippen LogP contribution in [0.1, 0.15) is 6.42 Å². The van der Waals surface area contributed by atoms with Gasteiger partial charge in [0, 0.05) is 6.42 Å². The van der Waals surface area contributed by atoms with Crippen LogP contribution in [0.5, 0.6) is 0 Å². The number of carbonyl (C=O) groups is 1. The van der Waals surface area contributed by atoms with Crippen LogP contribution in [-0.2, 0) is 9.53 Å². The number of hydrogen-bond acceptors (Lipinski definition) is 3. The van der Waals surface area contributed by atoms with Crippen LogP contribution in [0.15, 0.2) is 0 Å². The van der Waals surface area contributed by atoms with Gasteiger partial charge in [-0.25, -0.2) is 8.78 Å². The summed E-state index contributed by atoms with van der Waals surface area (Å²) >= 11 is 0. The minimum atomic E-state index is -2.56. The van der Waals surface area contributed by atoms with E-state index in [-0.39, 0.29) is 0 Å². The predicted octanol–water partition coefficient (Wildman–Crippen LogP) is 0.142. The second kappa shape index (κ2) is 4.16. The van der Waals surface area contributed by atoms with Crippen molar-refractivity contribution in [1.82, 2.24) is 0 Å². The van der Waals surface area contributed by atoms with E-state index in [2.05, 4.69) is 4.74 Å². The number of ether oxygens (including phenoxy) is 1. The number of hydrogen-bond donors (Lipinski definition) is 1. The Bertz CT molecular complexity index is 118. The van der Waals surface area contributed by atoms with Crippen LogP contribution in [0.25, 0.3) is 0 Å². The summed E-state index contributed by atoms with van der Waals surface area (Å²) in [7, 11) is 1.10. The molecule has 5 heteroatoms. The zero-order valence-corrected chi connectivity index (χ0v) is 5.51. The first-order valence-corrected chi connectivity index (χ1v) is 2.69. The van der Waals surface area contributed by atoms with Crippen molar-refractivity contribution in [3.63, 3.8) is 0 Å². The van der Waals surface area contributed by atoms with Crippen molar-refractivity contribution in [3.05, 3.63) is 0 Å². The van der Waals surface area contributed by atoms with Gasteiger partial charge in [-0.2, -0.15) is 0 Å². The van der Waals surface area contributed by atoms with E-state index in [1.807, 2.05) is 0 Å². The average Bonchev–Trinajstić information content (AvgIpc) is 1.85. The van der Waals surface area contributed by atoms with Gasteiger partial charge in [-0.1, -0.05) is 0 Å². The highest BCUT2D eigenvalue weighted by molar-refractivity contribution is 5.75. The summed E-state index contributed by atoms with van der Waals surface area (Å²) in [6.07, 6.45) is -3.21. The maximum atomic E-state index is 11.5. The number of rotatable bonds is 3. The predicted molar refractivity (Wildman–Crippen MR) is 30.6 cm³/mol. The van der Waals surface area contributed by atoms with Crippen molar-refractivity contribution in [2.75, 3.05) is 7.11 Å². The fourth-order valence-electron chi connectivity index (χ4n) is 0.440. The zero-order valence-electron chi connectivity index (χ0n) is 5.51. The first-order chi connectivity index (χ1) is 4.57. The molecule has 0 saturated heterocycles. The first kappa shape index (κ1) is 9.29. The van der Waals surface area contributed by atoms with Crippen LogP contribution < -0.4 is 5.73 Å². The summed E-state index contributed by atoms with van der Waals surface area (Å²) in [6, 6.07) is -1.20. The molecular weight excluding hydrogens is 144 g/mol. The Kier molecular flexibility index (Phi) is 3.87. The largest absolute Gasteiger partial charge is 0.468 e. The van der Waals surface area contributed by atoms with Crippen LogP contribution in [0.3, 0.4) is 0 Å². The highest BCUT2D eigenvalue weighted by Crippen LogP contribution is 2.02. The minimum absolute atomic E-state index is 0.646. The molecule has 2 N–H and O–H groups in total. The lowest BCUT2D eigenvalue weighted by Crippen LogP contribution is -2.33. The van der Waals surface area contributed by atoms with Crippen LogP contribution in [0.4, 0.5) is 8.78 Å². The molecule has 0 rings (SSSR count). The Labute approximate surface area is 57.1 Å². The van der Waals surface area contributed by atoms with Gasteiger partial charge in [0.05, 0.1) is 7.11 Å². The molecule has 0 unspecified atom stereocenters. The topological polar surface area (TPSA) is 52.3 Å². The Morgan fingerprint density at radius 1 is 1.70 bits per heavy atom. The number of carbonyl (C=O) groups excluding carboxylic acids is 1. The maximum Gasteiger partial charge on any atom is 0.322 e. The molecular formula is C5H9F2NO2. The van der Waals surface area contributed by atoms with E-state index < -0.39 is 24.9 Å². The molecule has 0 aromatic rings. The molecule has 0 amide bonds. The third-order valence-corrected chi connectivity index (χ3v) is 0.936. The quantitative estimate of drug-likeness (QED) is 0.587. The molecule has 0 spiro atoms. The summed E-state index contributed by atoms with van der Waals surface area (Å²) in [5.41, 5.74) is 4.97. The Hall–Kier alpha value is -0.710. The molecule has 1 atom stereocenters. The molecule has 0 radical (unpaired) electrons. The highest BCUT2D eigenvalue weighted by Gasteiger charge is 2.18. The number of halogens is 2. The van der Waals surface area contributed by atoms with Gasteiger partial charge in [-0.3, -0.25) is 4.79 Å². The minimum Gasteiger partial charge on any atom is -0.468 e. The Balaban J connectivity index is 3.61. The van der Waals surface area contributed by atoms with E-state index in [0.717, 1.165) is 7.11 Å². The van der Waals surface area contributed by atoms with E-state index >= 15 is 0 Å². The van der Waals surface area contributed by atoms with Gasteiger partial charge >= 0.3 is 5.97 Å². The lowest BCUT2D eigenvalue weighted by Gasteiger charge is -2.06. The molecule has 0 bridgehead atoms. The van der Waals surface area contributed by atoms with Crippen LogP contribution in [-0.4, -0.2) is 25.5 Å². The summed E-state index contributed by atoms with van der Waals surface area (Å²) in [6.45, 7) is 0. The summed E-state index contributed by atoms with van der Waals surface area (Å²) in [5, 5.41) is 0. The monoisotopic (exact) mass is 153 g/mol. The molecule has 60 valence electrons. The zero-order chi connectivity index (χ0) is 8.15. The van der Waals surface area contributed by atoms with Gasteiger partial charge in [0.15, 0.2) is 0 Å². The number of alkyl halides is 2. The molecule has 0 heterocycles. The van der Waals surface area contributed by atoms with E-state index in [9.17, 15) is 13.6 Å². The van der Waals surface area contributed by atoms with E-state index in [4.69, 9.17) is 5.73 Å². The molecule has 0 aliphatic rings. The fourth-order valence-corrected chi connectivity index (χ4v) is 0.440. The average molecular weight is 153 g/mol. The second-order valence-electron chi connectivity index (χ2n) is 1.76.